The molecule has 0 radical (unpaired) electrons. The van der Waals surface area contributed by atoms with Gasteiger partial charge in [-0.2, -0.15) is 5.10 Å². The van der Waals surface area contributed by atoms with Crippen molar-refractivity contribution >= 4 is 17.5 Å². The average molecular weight is 355 g/mol. The fourth-order valence-corrected chi connectivity index (χ4v) is 3.14. The van der Waals surface area contributed by atoms with Crippen LogP contribution in [0.2, 0.25) is 0 Å². The van der Waals surface area contributed by atoms with Crippen LogP contribution in [-0.2, 0) is 16.6 Å². The van der Waals surface area contributed by atoms with E-state index in [-0.39, 0.29) is 24.6 Å². The number of hydrogen-bond donors (Lipinski definition) is 0. The first-order valence-electron chi connectivity index (χ1n) is 7.88. The van der Waals surface area contributed by atoms with Crippen molar-refractivity contribution in [1.82, 2.24) is 19.6 Å². The second-order valence-electron chi connectivity index (χ2n) is 6.04. The maximum absolute atomic E-state index is 13.9. The van der Waals surface area contributed by atoms with Crippen molar-refractivity contribution in [3.63, 3.8) is 0 Å². The topological polar surface area (TPSA) is 111 Å². The number of halogens is 1. The summed E-state index contributed by atoms with van der Waals surface area (Å²) in [6.07, 6.45) is -0.376. The first-order chi connectivity index (χ1) is 11.9. The lowest BCUT2D eigenvalue weighted by Crippen LogP contribution is -2.51. The van der Waals surface area contributed by atoms with E-state index in [1.54, 1.807) is 0 Å². The first kappa shape index (κ1) is 17.3. The largest absolute Gasteiger partial charge is 0.378 e. The number of alkyl halides is 1. The van der Waals surface area contributed by atoms with Gasteiger partial charge in [-0.25, -0.2) is 4.39 Å². The number of morpholine rings is 1. The molecule has 136 valence electrons. The van der Waals surface area contributed by atoms with E-state index in [0.717, 1.165) is 15.8 Å². The van der Waals surface area contributed by atoms with E-state index in [0.29, 0.717) is 26.3 Å². The van der Waals surface area contributed by atoms with Gasteiger partial charge in [0.05, 0.1) is 24.7 Å². The molecule has 0 aliphatic carbocycles. The maximum Gasteiger partial charge on any atom is 0.320 e. The molecule has 25 heavy (non-hydrogen) atoms. The lowest BCUT2D eigenvalue weighted by Gasteiger charge is -2.32. The van der Waals surface area contributed by atoms with E-state index in [9.17, 15) is 24.1 Å². The third-order valence-corrected chi connectivity index (χ3v) is 4.33. The summed E-state index contributed by atoms with van der Waals surface area (Å²) >= 11 is 0. The SMILES string of the molecule is Cn1cc([N+](=O)[O-])c(C(=O)N2C[C@H](F)C[C@H]2C(=O)N2CCOCC2)n1. The van der Waals surface area contributed by atoms with Crippen molar-refractivity contribution < 1.29 is 23.6 Å². The lowest BCUT2D eigenvalue weighted by atomic mass is 10.1. The first-order valence-corrected chi connectivity index (χ1v) is 7.88. The van der Waals surface area contributed by atoms with Gasteiger partial charge in [0, 0.05) is 26.6 Å². The summed E-state index contributed by atoms with van der Waals surface area (Å²) in [7, 11) is 1.45. The van der Waals surface area contributed by atoms with Gasteiger partial charge >= 0.3 is 5.69 Å². The molecule has 0 bridgehead atoms. The van der Waals surface area contributed by atoms with Crippen molar-refractivity contribution in [3.05, 3.63) is 22.0 Å². The van der Waals surface area contributed by atoms with Crippen LogP contribution >= 0.6 is 0 Å². The van der Waals surface area contributed by atoms with E-state index in [1.807, 2.05) is 0 Å². The summed E-state index contributed by atoms with van der Waals surface area (Å²) < 4.78 is 20.3. The van der Waals surface area contributed by atoms with E-state index in [2.05, 4.69) is 5.10 Å². The Balaban J connectivity index is 1.85. The zero-order valence-corrected chi connectivity index (χ0v) is 13.6. The van der Waals surface area contributed by atoms with Crippen molar-refractivity contribution in [3.8, 4) is 0 Å². The fraction of sp³-hybridized carbons (Fsp3) is 0.643. The van der Waals surface area contributed by atoms with Crippen molar-refractivity contribution in [2.75, 3.05) is 32.8 Å². The molecule has 2 atom stereocenters. The van der Waals surface area contributed by atoms with Crippen LogP contribution < -0.4 is 0 Å². The molecular formula is C14H18FN5O5. The minimum Gasteiger partial charge on any atom is -0.378 e. The van der Waals surface area contributed by atoms with Gasteiger partial charge in [0.25, 0.3) is 5.91 Å². The molecule has 1 aromatic rings. The molecule has 2 aliphatic rings. The van der Waals surface area contributed by atoms with Gasteiger partial charge in [-0.1, -0.05) is 0 Å². The number of aromatic nitrogens is 2. The number of hydrogen-bond acceptors (Lipinski definition) is 6. The molecule has 2 aliphatic heterocycles. The number of carbonyl (C=O) groups excluding carboxylic acids is 2. The second kappa shape index (κ2) is 6.75. The van der Waals surface area contributed by atoms with Crippen LogP contribution in [0.25, 0.3) is 0 Å². The Morgan fingerprint density at radius 1 is 1.40 bits per heavy atom. The van der Waals surface area contributed by atoms with Crippen LogP contribution in [0.1, 0.15) is 16.9 Å². The van der Waals surface area contributed by atoms with Crippen molar-refractivity contribution in [2.45, 2.75) is 18.6 Å². The molecule has 2 fully saturated rings. The molecule has 1 aromatic heterocycles. The van der Waals surface area contributed by atoms with E-state index in [1.165, 1.54) is 11.9 Å². The molecular weight excluding hydrogens is 337 g/mol. The van der Waals surface area contributed by atoms with Crippen molar-refractivity contribution in [1.29, 1.82) is 0 Å². The van der Waals surface area contributed by atoms with Crippen LogP contribution in [0.5, 0.6) is 0 Å². The molecule has 0 spiro atoms. The normalized spacial score (nSPS) is 23.8. The Hall–Kier alpha value is -2.56. The Morgan fingerprint density at radius 3 is 2.72 bits per heavy atom. The molecule has 0 aromatic carbocycles. The van der Waals surface area contributed by atoms with Gasteiger partial charge in [-0.05, 0) is 0 Å². The lowest BCUT2D eigenvalue weighted by molar-refractivity contribution is -0.385. The Bertz CT molecular complexity index is 702. The Kier molecular flexibility index (Phi) is 4.66. The number of nitrogens with zero attached hydrogens (tertiary/aromatic N) is 5. The van der Waals surface area contributed by atoms with Gasteiger partial charge in [-0.3, -0.25) is 24.4 Å². The molecule has 11 heteroatoms. The molecule has 10 nitrogen and oxygen atoms in total. The quantitative estimate of drug-likeness (QED) is 0.546. The predicted molar refractivity (Wildman–Crippen MR) is 81.6 cm³/mol. The van der Waals surface area contributed by atoms with Gasteiger partial charge < -0.3 is 14.5 Å². The highest BCUT2D eigenvalue weighted by Gasteiger charge is 2.44. The highest BCUT2D eigenvalue weighted by Crippen LogP contribution is 2.27. The molecule has 3 heterocycles. The number of likely N-dealkylation sites (tertiary alicyclic amines) is 1. The maximum atomic E-state index is 13.9. The molecule has 0 unspecified atom stereocenters. The number of amides is 2. The molecule has 2 amide bonds. The van der Waals surface area contributed by atoms with Gasteiger partial charge in [0.15, 0.2) is 0 Å². The number of aryl methyl sites for hydroxylation is 1. The number of carbonyl (C=O) groups is 2. The highest BCUT2D eigenvalue weighted by molar-refractivity contribution is 5.99. The zero-order valence-electron chi connectivity index (χ0n) is 13.6. The monoisotopic (exact) mass is 355 g/mol. The summed E-state index contributed by atoms with van der Waals surface area (Å²) in [6.45, 7) is 1.23. The number of nitro groups is 1. The van der Waals surface area contributed by atoms with E-state index < -0.39 is 28.7 Å². The van der Waals surface area contributed by atoms with Crippen LogP contribution in [0.4, 0.5) is 10.1 Å². The highest BCUT2D eigenvalue weighted by atomic mass is 19.1. The third-order valence-electron chi connectivity index (χ3n) is 4.33. The Morgan fingerprint density at radius 2 is 2.08 bits per heavy atom. The van der Waals surface area contributed by atoms with Crippen LogP contribution in [-0.4, -0.2) is 81.4 Å². The standard InChI is InChI=1S/C14H18FN5O5/c1-17-8-11(20(23)24)12(16-17)14(22)19-7-9(15)6-10(19)13(21)18-2-4-25-5-3-18/h8-10H,2-7H2,1H3/t9-,10+/m1/s1. The van der Waals surface area contributed by atoms with Crippen molar-refractivity contribution in [2.24, 2.45) is 7.05 Å². The van der Waals surface area contributed by atoms with E-state index >= 15 is 0 Å². The summed E-state index contributed by atoms with van der Waals surface area (Å²) in [5.41, 5.74) is -0.853. The molecule has 0 saturated carbocycles. The molecule has 3 rings (SSSR count). The summed E-state index contributed by atoms with van der Waals surface area (Å²) in [5, 5.41) is 14.9. The summed E-state index contributed by atoms with van der Waals surface area (Å²) in [5.74, 6) is -1.17. The van der Waals surface area contributed by atoms with Gasteiger partial charge in [-0.15, -0.1) is 0 Å². The summed E-state index contributed by atoms with van der Waals surface area (Å²) in [4.78, 5) is 38.3. The van der Waals surface area contributed by atoms with Crippen LogP contribution in [0.3, 0.4) is 0 Å². The molecule has 0 N–H and O–H groups in total. The fourth-order valence-electron chi connectivity index (χ4n) is 3.14. The third kappa shape index (κ3) is 3.31. The van der Waals surface area contributed by atoms with E-state index in [4.69, 9.17) is 4.74 Å². The van der Waals surface area contributed by atoms with Crippen LogP contribution in [0, 0.1) is 10.1 Å². The van der Waals surface area contributed by atoms with Gasteiger partial charge in [0.1, 0.15) is 18.4 Å². The number of rotatable bonds is 3. The van der Waals surface area contributed by atoms with Crippen LogP contribution in [0.15, 0.2) is 6.20 Å². The minimum atomic E-state index is -1.36. The summed E-state index contributed by atoms with van der Waals surface area (Å²) in [6, 6.07) is -0.984. The van der Waals surface area contributed by atoms with Gasteiger partial charge in [0.2, 0.25) is 11.6 Å². The average Bonchev–Trinajstić information content (AvgIpc) is 3.17. The molecule has 2 saturated heterocycles. The predicted octanol–water partition coefficient (Wildman–Crippen LogP) is -0.260. The number of ether oxygens (including phenoxy) is 1. The Labute approximate surface area is 142 Å². The zero-order chi connectivity index (χ0) is 18.1. The minimum absolute atomic E-state index is 0.122. The smallest absolute Gasteiger partial charge is 0.320 e. The second-order valence-corrected chi connectivity index (χ2v) is 6.04.